The van der Waals surface area contributed by atoms with E-state index in [0.717, 1.165) is 42.0 Å². The van der Waals surface area contributed by atoms with Gasteiger partial charge in [0.25, 0.3) is 0 Å². The maximum Gasteiger partial charge on any atom is 0.173 e. The molecule has 1 saturated heterocycles. The SMILES string of the molecule is CC(C)c1ccc(NC(=S)N2CCN(c3cccc(Cl)c3)CC2)cc1. The number of nitrogens with one attached hydrogen (secondary N) is 1. The number of hydrogen-bond donors (Lipinski definition) is 1. The summed E-state index contributed by atoms with van der Waals surface area (Å²) in [6.07, 6.45) is 0. The second-order valence-electron chi connectivity index (χ2n) is 6.66. The summed E-state index contributed by atoms with van der Waals surface area (Å²) in [7, 11) is 0. The van der Waals surface area contributed by atoms with Crippen LogP contribution in [0.4, 0.5) is 11.4 Å². The summed E-state index contributed by atoms with van der Waals surface area (Å²) in [4.78, 5) is 4.58. The smallest absolute Gasteiger partial charge is 0.173 e. The minimum atomic E-state index is 0.542. The van der Waals surface area contributed by atoms with Gasteiger partial charge in [-0.15, -0.1) is 0 Å². The van der Waals surface area contributed by atoms with E-state index in [1.807, 2.05) is 18.2 Å². The van der Waals surface area contributed by atoms with Crippen molar-refractivity contribution in [3.8, 4) is 0 Å². The fourth-order valence-corrected chi connectivity index (χ4v) is 3.48. The Kier molecular flexibility index (Phi) is 5.82. The van der Waals surface area contributed by atoms with Crippen molar-refractivity contribution in [1.29, 1.82) is 0 Å². The van der Waals surface area contributed by atoms with Gasteiger partial charge in [0.2, 0.25) is 0 Å². The van der Waals surface area contributed by atoms with E-state index in [0.29, 0.717) is 5.92 Å². The molecule has 0 aromatic heterocycles. The molecule has 132 valence electrons. The standard InChI is InChI=1S/C20H24ClN3S/c1-15(2)16-6-8-18(9-7-16)22-20(25)24-12-10-23(11-13-24)19-5-3-4-17(21)14-19/h3-9,14-15H,10-13H2,1-2H3,(H,22,25). The van der Waals surface area contributed by atoms with Gasteiger partial charge in [0.15, 0.2) is 5.11 Å². The zero-order valence-corrected chi connectivity index (χ0v) is 16.3. The molecule has 1 aliphatic rings. The molecule has 5 heteroatoms. The monoisotopic (exact) mass is 373 g/mol. The van der Waals surface area contributed by atoms with Crippen LogP contribution in [0, 0.1) is 0 Å². The average molecular weight is 374 g/mol. The first kappa shape index (κ1) is 18.0. The molecule has 1 aliphatic heterocycles. The number of piperazine rings is 1. The number of benzene rings is 2. The molecule has 2 aromatic carbocycles. The molecular weight excluding hydrogens is 350 g/mol. The Labute approximate surface area is 160 Å². The lowest BCUT2D eigenvalue weighted by Gasteiger charge is -2.37. The molecule has 3 rings (SSSR count). The van der Waals surface area contributed by atoms with Gasteiger partial charge >= 0.3 is 0 Å². The molecule has 3 nitrogen and oxygen atoms in total. The zero-order chi connectivity index (χ0) is 17.8. The van der Waals surface area contributed by atoms with Crippen LogP contribution in [0.15, 0.2) is 48.5 Å². The topological polar surface area (TPSA) is 18.5 Å². The fourth-order valence-electron chi connectivity index (χ4n) is 2.99. The normalized spacial score (nSPS) is 14.7. The molecule has 0 atom stereocenters. The third-order valence-electron chi connectivity index (χ3n) is 4.57. The fraction of sp³-hybridized carbons (Fsp3) is 0.350. The molecule has 0 saturated carbocycles. The Morgan fingerprint density at radius 2 is 1.72 bits per heavy atom. The second-order valence-corrected chi connectivity index (χ2v) is 7.48. The molecule has 1 heterocycles. The lowest BCUT2D eigenvalue weighted by atomic mass is 10.0. The Hall–Kier alpha value is -1.78. The van der Waals surface area contributed by atoms with E-state index in [9.17, 15) is 0 Å². The molecule has 0 amide bonds. The molecule has 0 unspecified atom stereocenters. The van der Waals surface area contributed by atoms with E-state index >= 15 is 0 Å². The highest BCUT2D eigenvalue weighted by atomic mass is 35.5. The minimum Gasteiger partial charge on any atom is -0.368 e. The van der Waals surface area contributed by atoms with Crippen molar-refractivity contribution < 1.29 is 0 Å². The lowest BCUT2D eigenvalue weighted by molar-refractivity contribution is 0.391. The van der Waals surface area contributed by atoms with Crippen LogP contribution in [0.1, 0.15) is 25.3 Å². The van der Waals surface area contributed by atoms with Gasteiger partial charge in [-0.3, -0.25) is 0 Å². The number of hydrogen-bond acceptors (Lipinski definition) is 2. The van der Waals surface area contributed by atoms with Gasteiger partial charge in [0.05, 0.1) is 0 Å². The summed E-state index contributed by atoms with van der Waals surface area (Å²) < 4.78 is 0. The first-order chi connectivity index (χ1) is 12.0. The van der Waals surface area contributed by atoms with Crippen LogP contribution < -0.4 is 10.2 Å². The Balaban J connectivity index is 1.54. The summed E-state index contributed by atoms with van der Waals surface area (Å²) in [5.74, 6) is 0.542. The van der Waals surface area contributed by atoms with Crippen molar-refractivity contribution >= 4 is 40.3 Å². The molecule has 25 heavy (non-hydrogen) atoms. The van der Waals surface area contributed by atoms with Crippen LogP contribution in [0.3, 0.4) is 0 Å². The van der Waals surface area contributed by atoms with Gasteiger partial charge in [-0.25, -0.2) is 0 Å². The van der Waals surface area contributed by atoms with Crippen molar-refractivity contribution in [2.45, 2.75) is 19.8 Å². The van der Waals surface area contributed by atoms with Crippen LogP contribution in [0.2, 0.25) is 5.02 Å². The van der Waals surface area contributed by atoms with Gasteiger partial charge in [0, 0.05) is 42.6 Å². The van der Waals surface area contributed by atoms with Crippen LogP contribution in [-0.4, -0.2) is 36.2 Å². The minimum absolute atomic E-state index is 0.542. The highest BCUT2D eigenvalue weighted by Gasteiger charge is 2.19. The van der Waals surface area contributed by atoms with E-state index in [2.05, 4.69) is 59.3 Å². The molecule has 2 aromatic rings. The number of thiocarbonyl (C=S) groups is 1. The van der Waals surface area contributed by atoms with Crippen molar-refractivity contribution in [3.05, 3.63) is 59.1 Å². The molecule has 0 aliphatic carbocycles. The number of anilines is 2. The molecule has 0 bridgehead atoms. The van der Waals surface area contributed by atoms with Gasteiger partial charge < -0.3 is 15.1 Å². The van der Waals surface area contributed by atoms with Gasteiger partial charge in [-0.1, -0.05) is 43.6 Å². The van der Waals surface area contributed by atoms with Crippen molar-refractivity contribution in [1.82, 2.24) is 4.90 Å². The molecular formula is C20H24ClN3S. The maximum absolute atomic E-state index is 6.10. The number of rotatable bonds is 3. The largest absolute Gasteiger partial charge is 0.368 e. The molecule has 1 N–H and O–H groups in total. The van der Waals surface area contributed by atoms with E-state index in [1.54, 1.807) is 0 Å². The quantitative estimate of drug-likeness (QED) is 0.764. The van der Waals surface area contributed by atoms with E-state index in [-0.39, 0.29) is 0 Å². The first-order valence-corrected chi connectivity index (χ1v) is 9.48. The maximum atomic E-state index is 6.10. The van der Waals surface area contributed by atoms with Crippen LogP contribution in [0.5, 0.6) is 0 Å². The molecule has 0 radical (unpaired) electrons. The first-order valence-electron chi connectivity index (χ1n) is 8.69. The third-order valence-corrected chi connectivity index (χ3v) is 5.16. The number of halogens is 1. The summed E-state index contributed by atoms with van der Waals surface area (Å²) in [6, 6.07) is 16.5. The van der Waals surface area contributed by atoms with Crippen LogP contribution >= 0.6 is 23.8 Å². The van der Waals surface area contributed by atoms with Gasteiger partial charge in [-0.2, -0.15) is 0 Å². The average Bonchev–Trinajstić information content (AvgIpc) is 2.62. The summed E-state index contributed by atoms with van der Waals surface area (Å²) in [5.41, 5.74) is 3.56. The highest BCUT2D eigenvalue weighted by Crippen LogP contribution is 2.21. The second kappa shape index (κ2) is 8.07. The van der Waals surface area contributed by atoms with Crippen molar-refractivity contribution in [2.24, 2.45) is 0 Å². The predicted molar refractivity (Wildman–Crippen MR) is 112 cm³/mol. The summed E-state index contributed by atoms with van der Waals surface area (Å²) in [5, 5.41) is 4.93. The van der Waals surface area contributed by atoms with Crippen LogP contribution in [0.25, 0.3) is 0 Å². The van der Waals surface area contributed by atoms with E-state index in [4.69, 9.17) is 23.8 Å². The number of nitrogens with zero attached hydrogens (tertiary/aromatic N) is 2. The Bertz CT molecular complexity index is 722. The van der Waals surface area contributed by atoms with Crippen molar-refractivity contribution in [2.75, 3.05) is 36.4 Å². The van der Waals surface area contributed by atoms with Gasteiger partial charge in [-0.05, 0) is 54.0 Å². The summed E-state index contributed by atoms with van der Waals surface area (Å²) in [6.45, 7) is 8.09. The zero-order valence-electron chi connectivity index (χ0n) is 14.7. The van der Waals surface area contributed by atoms with Crippen LogP contribution in [-0.2, 0) is 0 Å². The lowest BCUT2D eigenvalue weighted by Crippen LogP contribution is -2.50. The molecule has 0 spiro atoms. The Morgan fingerprint density at radius 1 is 1.04 bits per heavy atom. The highest BCUT2D eigenvalue weighted by molar-refractivity contribution is 7.80. The van der Waals surface area contributed by atoms with Gasteiger partial charge in [0.1, 0.15) is 0 Å². The van der Waals surface area contributed by atoms with E-state index in [1.165, 1.54) is 11.3 Å². The van der Waals surface area contributed by atoms with Crippen molar-refractivity contribution in [3.63, 3.8) is 0 Å². The van der Waals surface area contributed by atoms with E-state index < -0.39 is 0 Å². The summed E-state index contributed by atoms with van der Waals surface area (Å²) >= 11 is 11.7. The third kappa shape index (κ3) is 4.65. The molecule has 1 fully saturated rings. The Morgan fingerprint density at radius 3 is 2.32 bits per heavy atom. The predicted octanol–water partition coefficient (Wildman–Crippen LogP) is 4.98.